The fourth-order valence-electron chi connectivity index (χ4n) is 2.11. The van der Waals surface area contributed by atoms with Crippen molar-refractivity contribution in [2.75, 3.05) is 49.7 Å². The monoisotopic (exact) mass is 285 g/mol. The van der Waals surface area contributed by atoms with Crippen LogP contribution in [0.3, 0.4) is 0 Å². The van der Waals surface area contributed by atoms with E-state index in [1.165, 1.54) is 10.6 Å². The molecule has 1 aliphatic rings. The number of anilines is 2. The van der Waals surface area contributed by atoms with Crippen LogP contribution in [0.2, 0.25) is 0 Å². The Hall–Kier alpha value is -1.41. The van der Waals surface area contributed by atoms with Crippen molar-refractivity contribution >= 4 is 21.8 Å². The van der Waals surface area contributed by atoms with E-state index in [-0.39, 0.29) is 0 Å². The molecule has 2 rings (SSSR count). The minimum Gasteiger partial charge on any atom is -0.357 e. The zero-order chi connectivity index (χ0) is 14.0. The average Bonchev–Trinajstić information content (AvgIpc) is 2.38. The minimum absolute atomic E-state index is 0.497. The number of nitrogens with zero attached hydrogens (tertiary/aromatic N) is 4. The highest BCUT2D eigenvalue weighted by Gasteiger charge is 2.24. The lowest BCUT2D eigenvalue weighted by Crippen LogP contribution is -2.48. The number of aryl methyl sites for hydroxylation is 1. The molecule has 1 saturated heterocycles. The maximum atomic E-state index is 11.5. The van der Waals surface area contributed by atoms with Gasteiger partial charge in [-0.15, -0.1) is 0 Å². The Kier molecular flexibility index (Phi) is 3.91. The SMILES string of the molecule is CNc1ncc(C)c(N2CCN(S(C)(=O)=O)CC2)n1. The highest BCUT2D eigenvalue weighted by atomic mass is 32.2. The second kappa shape index (κ2) is 5.30. The molecule has 0 radical (unpaired) electrons. The van der Waals surface area contributed by atoms with E-state index in [0.717, 1.165) is 11.4 Å². The van der Waals surface area contributed by atoms with Crippen LogP contribution in [0.25, 0.3) is 0 Å². The van der Waals surface area contributed by atoms with Gasteiger partial charge in [0.15, 0.2) is 0 Å². The van der Waals surface area contributed by atoms with E-state index in [4.69, 9.17) is 0 Å². The standard InChI is InChI=1S/C11H19N5O2S/c1-9-8-13-11(12-2)14-10(9)15-4-6-16(7-5-15)19(3,17)18/h8H,4-7H2,1-3H3,(H,12,13,14). The summed E-state index contributed by atoms with van der Waals surface area (Å²) in [5, 5.41) is 2.91. The van der Waals surface area contributed by atoms with Crippen LogP contribution in [0.15, 0.2) is 6.20 Å². The summed E-state index contributed by atoms with van der Waals surface area (Å²) in [6, 6.07) is 0. The van der Waals surface area contributed by atoms with Crippen LogP contribution in [0, 0.1) is 6.92 Å². The van der Waals surface area contributed by atoms with Crippen molar-refractivity contribution in [2.45, 2.75) is 6.92 Å². The molecule has 0 aliphatic carbocycles. The third kappa shape index (κ3) is 3.13. The smallest absolute Gasteiger partial charge is 0.224 e. The van der Waals surface area contributed by atoms with Gasteiger partial charge in [-0.1, -0.05) is 0 Å². The predicted molar refractivity (Wildman–Crippen MR) is 74.9 cm³/mol. The summed E-state index contributed by atoms with van der Waals surface area (Å²) < 4.78 is 24.4. The molecule has 0 aromatic carbocycles. The molecule has 0 unspecified atom stereocenters. The van der Waals surface area contributed by atoms with E-state index in [2.05, 4.69) is 20.2 Å². The zero-order valence-corrected chi connectivity index (χ0v) is 12.2. The Balaban J connectivity index is 2.13. The summed E-state index contributed by atoms with van der Waals surface area (Å²) in [6.07, 6.45) is 3.02. The third-order valence-corrected chi connectivity index (χ3v) is 4.48. The van der Waals surface area contributed by atoms with Crippen molar-refractivity contribution in [3.05, 3.63) is 11.8 Å². The van der Waals surface area contributed by atoms with Crippen molar-refractivity contribution in [1.29, 1.82) is 0 Å². The normalized spacial score (nSPS) is 17.5. The first-order chi connectivity index (χ1) is 8.91. The number of hydrogen-bond donors (Lipinski definition) is 1. The topological polar surface area (TPSA) is 78.4 Å². The Morgan fingerprint density at radius 3 is 2.42 bits per heavy atom. The summed E-state index contributed by atoms with van der Waals surface area (Å²) in [7, 11) is -1.32. The number of aromatic nitrogens is 2. The highest BCUT2D eigenvalue weighted by molar-refractivity contribution is 7.88. The van der Waals surface area contributed by atoms with Crippen LogP contribution in [-0.2, 0) is 10.0 Å². The van der Waals surface area contributed by atoms with Crippen molar-refractivity contribution in [3.8, 4) is 0 Å². The van der Waals surface area contributed by atoms with Gasteiger partial charge in [0.25, 0.3) is 0 Å². The molecule has 0 atom stereocenters. The predicted octanol–water partition coefficient (Wildman–Crippen LogP) is -0.0917. The lowest BCUT2D eigenvalue weighted by atomic mass is 10.3. The first-order valence-corrected chi connectivity index (χ1v) is 7.98. The summed E-state index contributed by atoms with van der Waals surface area (Å²) in [5.41, 5.74) is 0.992. The van der Waals surface area contributed by atoms with Gasteiger partial charge in [-0.3, -0.25) is 0 Å². The van der Waals surface area contributed by atoms with E-state index in [1.807, 2.05) is 6.92 Å². The Morgan fingerprint density at radius 2 is 1.89 bits per heavy atom. The molecule has 8 heteroatoms. The summed E-state index contributed by atoms with van der Waals surface area (Å²) in [5.74, 6) is 1.44. The molecule has 0 bridgehead atoms. The van der Waals surface area contributed by atoms with Crippen molar-refractivity contribution < 1.29 is 8.42 Å². The molecule has 1 aromatic rings. The van der Waals surface area contributed by atoms with Gasteiger partial charge in [0.1, 0.15) is 5.82 Å². The molecule has 1 aromatic heterocycles. The molecular weight excluding hydrogens is 266 g/mol. The van der Waals surface area contributed by atoms with Gasteiger partial charge in [0.2, 0.25) is 16.0 Å². The molecule has 1 N–H and O–H groups in total. The number of piperazine rings is 1. The van der Waals surface area contributed by atoms with Crippen LogP contribution < -0.4 is 10.2 Å². The number of sulfonamides is 1. The van der Waals surface area contributed by atoms with Gasteiger partial charge >= 0.3 is 0 Å². The van der Waals surface area contributed by atoms with Gasteiger partial charge in [0, 0.05) is 45.0 Å². The Bertz CT molecular complexity index is 552. The number of hydrogen-bond acceptors (Lipinski definition) is 6. The van der Waals surface area contributed by atoms with Crippen LogP contribution in [-0.4, -0.2) is 62.2 Å². The summed E-state index contributed by atoms with van der Waals surface area (Å²) in [4.78, 5) is 10.7. The van der Waals surface area contributed by atoms with E-state index in [9.17, 15) is 8.42 Å². The van der Waals surface area contributed by atoms with Crippen LogP contribution >= 0.6 is 0 Å². The molecule has 106 valence electrons. The maximum absolute atomic E-state index is 11.5. The van der Waals surface area contributed by atoms with Gasteiger partial charge in [-0.2, -0.15) is 9.29 Å². The van der Waals surface area contributed by atoms with E-state index in [1.54, 1.807) is 13.2 Å². The van der Waals surface area contributed by atoms with E-state index in [0.29, 0.717) is 32.1 Å². The van der Waals surface area contributed by atoms with Crippen molar-refractivity contribution in [1.82, 2.24) is 14.3 Å². The van der Waals surface area contributed by atoms with E-state index < -0.39 is 10.0 Å². The molecule has 0 amide bonds. The van der Waals surface area contributed by atoms with Crippen LogP contribution in [0.4, 0.5) is 11.8 Å². The zero-order valence-electron chi connectivity index (χ0n) is 11.4. The largest absolute Gasteiger partial charge is 0.357 e. The van der Waals surface area contributed by atoms with Crippen molar-refractivity contribution in [3.63, 3.8) is 0 Å². The summed E-state index contributed by atoms with van der Waals surface area (Å²) >= 11 is 0. The van der Waals surface area contributed by atoms with Crippen LogP contribution in [0.5, 0.6) is 0 Å². The molecule has 1 fully saturated rings. The molecule has 0 saturated carbocycles. The first-order valence-electron chi connectivity index (χ1n) is 6.13. The van der Waals surface area contributed by atoms with Gasteiger partial charge < -0.3 is 10.2 Å². The molecular formula is C11H19N5O2S. The highest BCUT2D eigenvalue weighted by Crippen LogP contribution is 2.20. The second-order valence-electron chi connectivity index (χ2n) is 4.60. The maximum Gasteiger partial charge on any atom is 0.224 e. The van der Waals surface area contributed by atoms with Gasteiger partial charge in [-0.25, -0.2) is 13.4 Å². The first kappa shape index (κ1) is 14.0. The lowest BCUT2D eigenvalue weighted by Gasteiger charge is -2.34. The third-order valence-electron chi connectivity index (χ3n) is 3.18. The molecule has 2 heterocycles. The fourth-order valence-corrected chi connectivity index (χ4v) is 2.93. The second-order valence-corrected chi connectivity index (χ2v) is 6.58. The number of nitrogens with one attached hydrogen (secondary N) is 1. The fraction of sp³-hybridized carbons (Fsp3) is 0.636. The Labute approximate surface area is 113 Å². The molecule has 7 nitrogen and oxygen atoms in total. The van der Waals surface area contributed by atoms with Crippen molar-refractivity contribution in [2.24, 2.45) is 0 Å². The van der Waals surface area contributed by atoms with Gasteiger partial charge in [0.05, 0.1) is 6.26 Å². The molecule has 19 heavy (non-hydrogen) atoms. The van der Waals surface area contributed by atoms with Gasteiger partial charge in [-0.05, 0) is 6.92 Å². The lowest BCUT2D eigenvalue weighted by molar-refractivity contribution is 0.386. The van der Waals surface area contributed by atoms with E-state index >= 15 is 0 Å². The molecule has 0 spiro atoms. The summed E-state index contributed by atoms with van der Waals surface area (Å²) in [6.45, 7) is 4.24. The quantitative estimate of drug-likeness (QED) is 0.836. The number of rotatable bonds is 3. The average molecular weight is 285 g/mol. The Morgan fingerprint density at radius 1 is 1.26 bits per heavy atom. The molecule has 1 aliphatic heterocycles. The minimum atomic E-state index is -3.09. The van der Waals surface area contributed by atoms with Crippen LogP contribution in [0.1, 0.15) is 5.56 Å².